The van der Waals surface area contributed by atoms with Crippen molar-refractivity contribution in [3.63, 3.8) is 0 Å². The molecular weight excluding hydrogens is 266 g/mol. The number of hydrogen-bond donors (Lipinski definition) is 1. The molecule has 2 N–H and O–H groups in total. The summed E-state index contributed by atoms with van der Waals surface area (Å²) in [5.41, 5.74) is 7.12. The van der Waals surface area contributed by atoms with E-state index in [4.69, 9.17) is 10.5 Å². The Bertz CT molecular complexity index is 532. The molecule has 1 aliphatic carbocycles. The third kappa shape index (κ3) is 2.57. The third-order valence-corrected chi connectivity index (χ3v) is 4.73. The highest BCUT2D eigenvalue weighted by atomic mass is 16.5. The first kappa shape index (κ1) is 14.2. The Morgan fingerprint density at radius 1 is 1.43 bits per heavy atom. The molecular formula is C16H23N3O2. The number of pyridine rings is 1. The number of ether oxygens (including phenoxy) is 1. The summed E-state index contributed by atoms with van der Waals surface area (Å²) in [5, 5.41) is 0. The van der Waals surface area contributed by atoms with Crippen LogP contribution in [0.3, 0.4) is 0 Å². The maximum atomic E-state index is 12.0. The summed E-state index contributed by atoms with van der Waals surface area (Å²) >= 11 is 0. The van der Waals surface area contributed by atoms with Gasteiger partial charge in [-0.1, -0.05) is 6.42 Å². The summed E-state index contributed by atoms with van der Waals surface area (Å²) < 4.78 is 5.07. The van der Waals surface area contributed by atoms with Gasteiger partial charge in [-0.05, 0) is 44.6 Å². The maximum Gasteiger partial charge on any atom is 0.340 e. The molecule has 2 fully saturated rings. The number of fused-ring (bicyclic) bond motifs is 1. The molecule has 1 aromatic heterocycles. The van der Waals surface area contributed by atoms with E-state index in [-0.39, 0.29) is 5.97 Å². The Morgan fingerprint density at radius 2 is 2.24 bits per heavy atom. The number of nitrogens with zero attached hydrogens (tertiary/aromatic N) is 2. The van der Waals surface area contributed by atoms with Crippen LogP contribution in [0.25, 0.3) is 0 Å². The highest BCUT2D eigenvalue weighted by Gasteiger charge is 2.36. The Morgan fingerprint density at radius 3 is 3.05 bits per heavy atom. The molecule has 0 bridgehead atoms. The van der Waals surface area contributed by atoms with E-state index in [1.807, 2.05) is 0 Å². The van der Waals surface area contributed by atoms with Crippen LogP contribution in [0.1, 0.15) is 49.4 Å². The molecule has 114 valence electrons. The van der Waals surface area contributed by atoms with Crippen LogP contribution in [-0.2, 0) is 4.74 Å². The number of rotatable bonds is 3. The number of carbonyl (C=O) groups is 1. The van der Waals surface area contributed by atoms with Gasteiger partial charge in [0, 0.05) is 18.8 Å². The van der Waals surface area contributed by atoms with Gasteiger partial charge in [0.25, 0.3) is 0 Å². The number of nitrogen functional groups attached to an aromatic ring is 1. The van der Waals surface area contributed by atoms with Crippen LogP contribution in [0, 0.1) is 5.92 Å². The first-order chi connectivity index (χ1) is 10.2. The molecule has 1 saturated heterocycles. The van der Waals surface area contributed by atoms with Crippen LogP contribution in [0.5, 0.6) is 0 Å². The van der Waals surface area contributed by atoms with Gasteiger partial charge in [0.2, 0.25) is 0 Å². The number of aromatic nitrogens is 1. The van der Waals surface area contributed by atoms with E-state index in [0.29, 0.717) is 23.9 Å². The van der Waals surface area contributed by atoms with E-state index in [2.05, 4.69) is 9.88 Å². The summed E-state index contributed by atoms with van der Waals surface area (Å²) in [7, 11) is 0. The van der Waals surface area contributed by atoms with Crippen LogP contribution >= 0.6 is 0 Å². The molecule has 5 nitrogen and oxygen atoms in total. The Hall–Kier alpha value is -1.78. The number of nitrogens with two attached hydrogens (primary N) is 1. The maximum absolute atomic E-state index is 12.0. The van der Waals surface area contributed by atoms with Crippen molar-refractivity contribution in [1.82, 2.24) is 4.98 Å². The van der Waals surface area contributed by atoms with Gasteiger partial charge in [0.1, 0.15) is 0 Å². The molecule has 0 amide bonds. The molecule has 0 aromatic carbocycles. The normalized spacial score (nSPS) is 24.7. The predicted octanol–water partition coefficient (Wildman–Crippen LogP) is 2.61. The van der Waals surface area contributed by atoms with Crippen molar-refractivity contribution in [2.24, 2.45) is 5.92 Å². The molecule has 1 aliphatic heterocycles. The lowest BCUT2D eigenvalue weighted by molar-refractivity contribution is 0.0527. The second kappa shape index (κ2) is 5.92. The van der Waals surface area contributed by atoms with E-state index in [1.165, 1.54) is 32.1 Å². The Balaban J connectivity index is 1.91. The molecule has 2 heterocycles. The van der Waals surface area contributed by atoms with Crippen LogP contribution < -0.4 is 10.6 Å². The van der Waals surface area contributed by atoms with Crippen LogP contribution in [0.2, 0.25) is 0 Å². The average molecular weight is 289 g/mol. The number of carbonyl (C=O) groups excluding carboxylic acids is 1. The Kier molecular flexibility index (Phi) is 3.99. The monoisotopic (exact) mass is 289 g/mol. The highest BCUT2D eigenvalue weighted by Crippen LogP contribution is 2.40. The minimum absolute atomic E-state index is 0.352. The molecule has 2 unspecified atom stereocenters. The topological polar surface area (TPSA) is 68.5 Å². The molecule has 2 aliphatic rings. The quantitative estimate of drug-likeness (QED) is 0.866. The van der Waals surface area contributed by atoms with Gasteiger partial charge in [0.05, 0.1) is 17.9 Å². The number of piperidine rings is 1. The van der Waals surface area contributed by atoms with Gasteiger partial charge >= 0.3 is 5.97 Å². The Labute approximate surface area is 125 Å². The summed E-state index contributed by atoms with van der Waals surface area (Å²) in [4.78, 5) is 18.8. The van der Waals surface area contributed by atoms with Crippen molar-refractivity contribution in [3.05, 3.63) is 17.8 Å². The van der Waals surface area contributed by atoms with Gasteiger partial charge < -0.3 is 15.4 Å². The number of anilines is 2. The second-order valence-corrected chi connectivity index (χ2v) is 5.91. The van der Waals surface area contributed by atoms with Crippen molar-refractivity contribution in [3.8, 4) is 0 Å². The molecule has 1 aromatic rings. The lowest BCUT2D eigenvalue weighted by Gasteiger charge is -2.39. The lowest BCUT2D eigenvalue weighted by Crippen LogP contribution is -2.43. The van der Waals surface area contributed by atoms with Crippen molar-refractivity contribution >= 4 is 17.5 Å². The standard InChI is InChI=1S/C16H23N3O2/c1-2-21-16(20)12-8-9-18-15(14(12)17)19-10-4-6-11-5-3-7-13(11)19/h8-9,11,13H,2-7,10,17H2,1H3. The number of esters is 1. The second-order valence-electron chi connectivity index (χ2n) is 5.91. The average Bonchev–Trinajstić information content (AvgIpc) is 2.96. The third-order valence-electron chi connectivity index (χ3n) is 4.73. The van der Waals surface area contributed by atoms with Gasteiger partial charge in [-0.3, -0.25) is 0 Å². The zero-order chi connectivity index (χ0) is 14.8. The summed E-state index contributed by atoms with van der Waals surface area (Å²) in [6.07, 6.45) is 7.93. The molecule has 0 radical (unpaired) electrons. The summed E-state index contributed by atoms with van der Waals surface area (Å²) in [5.74, 6) is 1.15. The van der Waals surface area contributed by atoms with Gasteiger partial charge in [0.15, 0.2) is 5.82 Å². The van der Waals surface area contributed by atoms with Crippen LogP contribution in [0.4, 0.5) is 11.5 Å². The molecule has 3 rings (SSSR count). The number of hydrogen-bond acceptors (Lipinski definition) is 5. The van der Waals surface area contributed by atoms with E-state index < -0.39 is 0 Å². The fourth-order valence-corrected chi connectivity index (χ4v) is 3.79. The molecule has 21 heavy (non-hydrogen) atoms. The minimum Gasteiger partial charge on any atom is -0.462 e. The summed E-state index contributed by atoms with van der Waals surface area (Å²) in [6, 6.07) is 2.18. The largest absolute Gasteiger partial charge is 0.462 e. The van der Waals surface area contributed by atoms with E-state index >= 15 is 0 Å². The van der Waals surface area contributed by atoms with Gasteiger partial charge in [-0.2, -0.15) is 0 Å². The SMILES string of the molecule is CCOC(=O)c1ccnc(N2CCCC3CCCC32)c1N. The van der Waals surface area contributed by atoms with Crippen molar-refractivity contribution in [1.29, 1.82) is 0 Å². The van der Waals surface area contributed by atoms with Gasteiger partial charge in [-0.15, -0.1) is 0 Å². The summed E-state index contributed by atoms with van der Waals surface area (Å²) in [6.45, 7) is 3.12. The predicted molar refractivity (Wildman–Crippen MR) is 82.3 cm³/mol. The van der Waals surface area contributed by atoms with Gasteiger partial charge in [-0.25, -0.2) is 9.78 Å². The zero-order valence-corrected chi connectivity index (χ0v) is 12.5. The highest BCUT2D eigenvalue weighted by molar-refractivity contribution is 5.97. The van der Waals surface area contributed by atoms with E-state index in [1.54, 1.807) is 19.2 Å². The first-order valence-electron chi connectivity index (χ1n) is 7.90. The first-order valence-corrected chi connectivity index (χ1v) is 7.90. The smallest absolute Gasteiger partial charge is 0.340 e. The van der Waals surface area contributed by atoms with Crippen molar-refractivity contribution < 1.29 is 9.53 Å². The minimum atomic E-state index is -0.362. The van der Waals surface area contributed by atoms with E-state index in [0.717, 1.165) is 18.3 Å². The van der Waals surface area contributed by atoms with Crippen LogP contribution in [0.15, 0.2) is 12.3 Å². The van der Waals surface area contributed by atoms with Crippen molar-refractivity contribution in [2.45, 2.75) is 45.1 Å². The molecule has 5 heteroatoms. The molecule has 1 saturated carbocycles. The molecule has 0 spiro atoms. The van der Waals surface area contributed by atoms with E-state index in [9.17, 15) is 4.79 Å². The van der Waals surface area contributed by atoms with Crippen molar-refractivity contribution in [2.75, 3.05) is 23.8 Å². The zero-order valence-electron chi connectivity index (χ0n) is 12.5. The fraction of sp³-hybridized carbons (Fsp3) is 0.625. The molecule has 2 atom stereocenters. The van der Waals surface area contributed by atoms with Crippen LogP contribution in [-0.4, -0.2) is 30.1 Å². The lowest BCUT2D eigenvalue weighted by atomic mass is 9.92. The fourth-order valence-electron chi connectivity index (χ4n) is 3.79.